The fraction of sp³-hybridized carbons (Fsp3) is 0.200. The molecule has 1 aromatic heterocycles. The molecule has 2 aromatic rings. The Morgan fingerprint density at radius 2 is 1.95 bits per heavy atom. The third-order valence-electron chi connectivity index (χ3n) is 3.29. The summed E-state index contributed by atoms with van der Waals surface area (Å²) in [6.45, 7) is 3.26. The van der Waals surface area contributed by atoms with Gasteiger partial charge in [0, 0.05) is 17.4 Å². The number of aromatic nitrogens is 1. The molecule has 0 atom stereocenters. The molecule has 0 saturated heterocycles. The molecule has 2 rings (SSSR count). The van der Waals surface area contributed by atoms with Gasteiger partial charge in [-0.05, 0) is 43.7 Å². The summed E-state index contributed by atoms with van der Waals surface area (Å²) in [6.07, 6.45) is 2.64. The van der Waals surface area contributed by atoms with Crippen LogP contribution in [-0.2, 0) is 20.2 Å². The van der Waals surface area contributed by atoms with Crippen LogP contribution >= 0.6 is 11.6 Å². The topological polar surface area (TPSA) is 76.1 Å². The van der Waals surface area contributed by atoms with Gasteiger partial charge in [0.05, 0.1) is 5.41 Å². The summed E-state index contributed by atoms with van der Waals surface area (Å²) < 4.78 is 26.5. The summed E-state index contributed by atoms with van der Waals surface area (Å²) in [5, 5.41) is 0.480. The Labute approximate surface area is 134 Å². The molecule has 1 aromatic carbocycles. The van der Waals surface area contributed by atoms with Crippen molar-refractivity contribution in [3.05, 3.63) is 59.4 Å². The summed E-state index contributed by atoms with van der Waals surface area (Å²) >= 11 is 5.93. The first-order chi connectivity index (χ1) is 10.2. The number of amides is 1. The molecule has 0 aliphatic rings. The number of sulfonamides is 1. The maximum Gasteiger partial charge on any atom is 0.265 e. The number of carbonyl (C=O) groups excluding carboxylic acids is 1. The van der Waals surface area contributed by atoms with Crippen LogP contribution in [-0.4, -0.2) is 19.3 Å². The van der Waals surface area contributed by atoms with Crippen LogP contribution in [0, 0.1) is 0 Å². The molecular formula is C15H15ClN2O3S. The minimum absolute atomic E-state index is 0.0646. The SMILES string of the molecule is CC(C)(C(=O)NS(=O)(=O)c1cccnc1)c1cccc(Cl)c1. The molecule has 1 heterocycles. The van der Waals surface area contributed by atoms with Gasteiger partial charge in [0.2, 0.25) is 5.91 Å². The van der Waals surface area contributed by atoms with Crippen molar-refractivity contribution < 1.29 is 13.2 Å². The lowest BCUT2D eigenvalue weighted by atomic mass is 9.84. The second-order valence-electron chi connectivity index (χ2n) is 5.26. The van der Waals surface area contributed by atoms with E-state index in [1.165, 1.54) is 24.5 Å². The lowest BCUT2D eigenvalue weighted by Gasteiger charge is -2.24. The van der Waals surface area contributed by atoms with Crippen molar-refractivity contribution in [3.8, 4) is 0 Å². The Morgan fingerprint density at radius 1 is 1.23 bits per heavy atom. The standard InChI is InChI=1S/C15H15ClN2O3S/c1-15(2,11-5-3-6-12(16)9-11)14(19)18-22(20,21)13-7-4-8-17-10-13/h3-10H,1-2H3,(H,18,19). The molecule has 22 heavy (non-hydrogen) atoms. The third kappa shape index (κ3) is 3.45. The molecular weight excluding hydrogens is 324 g/mol. The first-order valence-corrected chi connectivity index (χ1v) is 8.33. The van der Waals surface area contributed by atoms with Gasteiger partial charge in [-0.2, -0.15) is 0 Å². The molecule has 0 aliphatic carbocycles. The predicted octanol–water partition coefficient (Wildman–Crippen LogP) is 2.52. The van der Waals surface area contributed by atoms with Crippen LogP contribution in [0.25, 0.3) is 0 Å². The molecule has 0 aliphatic heterocycles. The van der Waals surface area contributed by atoms with E-state index < -0.39 is 21.3 Å². The highest BCUT2D eigenvalue weighted by Gasteiger charge is 2.33. The number of hydrogen-bond donors (Lipinski definition) is 1. The van der Waals surface area contributed by atoms with Crippen molar-refractivity contribution >= 4 is 27.5 Å². The van der Waals surface area contributed by atoms with Gasteiger partial charge in [0.15, 0.2) is 0 Å². The van der Waals surface area contributed by atoms with Crippen LogP contribution in [0.3, 0.4) is 0 Å². The molecule has 116 valence electrons. The van der Waals surface area contributed by atoms with Gasteiger partial charge in [0.25, 0.3) is 10.0 Å². The number of halogens is 1. The molecule has 0 saturated carbocycles. The minimum Gasteiger partial charge on any atom is -0.273 e. The molecule has 1 amide bonds. The summed E-state index contributed by atoms with van der Waals surface area (Å²) in [5.41, 5.74) is -0.431. The second-order valence-corrected chi connectivity index (χ2v) is 7.38. The van der Waals surface area contributed by atoms with Crippen molar-refractivity contribution in [2.75, 3.05) is 0 Å². The van der Waals surface area contributed by atoms with Crippen molar-refractivity contribution in [1.82, 2.24) is 9.71 Å². The van der Waals surface area contributed by atoms with E-state index in [0.717, 1.165) is 0 Å². The van der Waals surface area contributed by atoms with E-state index in [9.17, 15) is 13.2 Å². The highest BCUT2D eigenvalue weighted by molar-refractivity contribution is 7.90. The molecule has 1 N–H and O–H groups in total. The highest BCUT2D eigenvalue weighted by atomic mass is 35.5. The Morgan fingerprint density at radius 3 is 2.55 bits per heavy atom. The normalized spacial score (nSPS) is 12.0. The quantitative estimate of drug-likeness (QED) is 0.929. The fourth-order valence-electron chi connectivity index (χ4n) is 1.82. The summed E-state index contributed by atoms with van der Waals surface area (Å²) in [5.74, 6) is -0.640. The second kappa shape index (κ2) is 6.06. The van der Waals surface area contributed by atoms with Crippen LogP contribution in [0.15, 0.2) is 53.7 Å². The molecule has 0 spiro atoms. The smallest absolute Gasteiger partial charge is 0.265 e. The van der Waals surface area contributed by atoms with Crippen molar-refractivity contribution in [3.63, 3.8) is 0 Å². The number of carbonyl (C=O) groups is 1. The van der Waals surface area contributed by atoms with Crippen molar-refractivity contribution in [2.45, 2.75) is 24.2 Å². The Bertz CT molecular complexity index is 789. The Hall–Kier alpha value is -1.92. The van der Waals surface area contributed by atoms with Gasteiger partial charge < -0.3 is 0 Å². The average Bonchev–Trinajstić information content (AvgIpc) is 2.47. The number of rotatable bonds is 4. The predicted molar refractivity (Wildman–Crippen MR) is 84.0 cm³/mol. The number of hydrogen-bond acceptors (Lipinski definition) is 4. The largest absolute Gasteiger partial charge is 0.273 e. The van der Waals surface area contributed by atoms with E-state index in [2.05, 4.69) is 9.71 Å². The van der Waals surface area contributed by atoms with E-state index in [0.29, 0.717) is 10.6 Å². The Balaban J connectivity index is 2.28. The van der Waals surface area contributed by atoms with Crippen LogP contribution in [0.2, 0.25) is 5.02 Å². The highest BCUT2D eigenvalue weighted by Crippen LogP contribution is 2.26. The number of pyridine rings is 1. The Kier molecular flexibility index (Phi) is 4.53. The molecule has 0 bridgehead atoms. The van der Waals surface area contributed by atoms with E-state index in [1.807, 2.05) is 0 Å². The average molecular weight is 339 g/mol. The summed E-state index contributed by atoms with van der Waals surface area (Å²) in [7, 11) is -3.96. The maximum atomic E-state index is 12.4. The fourth-order valence-corrected chi connectivity index (χ4v) is 3.09. The lowest BCUT2D eigenvalue weighted by Crippen LogP contribution is -2.43. The number of nitrogens with zero attached hydrogens (tertiary/aromatic N) is 1. The molecule has 0 radical (unpaired) electrons. The van der Waals surface area contributed by atoms with Crippen molar-refractivity contribution in [1.29, 1.82) is 0 Å². The molecule has 7 heteroatoms. The molecule has 0 fully saturated rings. The summed E-state index contributed by atoms with van der Waals surface area (Å²) in [4.78, 5) is 16.1. The zero-order valence-corrected chi connectivity index (χ0v) is 13.6. The summed E-state index contributed by atoms with van der Waals surface area (Å²) in [6, 6.07) is 9.61. The van der Waals surface area contributed by atoms with Gasteiger partial charge in [0.1, 0.15) is 4.90 Å². The van der Waals surface area contributed by atoms with E-state index >= 15 is 0 Å². The zero-order chi connectivity index (χ0) is 16.4. The molecule has 5 nitrogen and oxygen atoms in total. The molecule has 0 unspecified atom stereocenters. The van der Waals surface area contributed by atoms with Gasteiger partial charge in [-0.25, -0.2) is 13.1 Å². The van der Waals surface area contributed by atoms with Crippen LogP contribution < -0.4 is 4.72 Å². The van der Waals surface area contributed by atoms with Gasteiger partial charge in [-0.3, -0.25) is 9.78 Å². The van der Waals surface area contributed by atoms with Crippen LogP contribution in [0.4, 0.5) is 0 Å². The lowest BCUT2D eigenvalue weighted by molar-refractivity contribution is -0.123. The first-order valence-electron chi connectivity index (χ1n) is 6.47. The van der Waals surface area contributed by atoms with Crippen molar-refractivity contribution in [2.24, 2.45) is 0 Å². The van der Waals surface area contributed by atoms with Gasteiger partial charge in [-0.15, -0.1) is 0 Å². The third-order valence-corrected chi connectivity index (χ3v) is 4.84. The first kappa shape index (κ1) is 16.5. The number of benzene rings is 1. The van der Waals surface area contributed by atoms with Gasteiger partial charge >= 0.3 is 0 Å². The van der Waals surface area contributed by atoms with E-state index in [4.69, 9.17) is 11.6 Å². The van der Waals surface area contributed by atoms with Crippen LogP contribution in [0.5, 0.6) is 0 Å². The van der Waals surface area contributed by atoms with Crippen LogP contribution in [0.1, 0.15) is 19.4 Å². The minimum atomic E-state index is -3.96. The maximum absolute atomic E-state index is 12.4. The number of nitrogens with one attached hydrogen (secondary N) is 1. The zero-order valence-electron chi connectivity index (χ0n) is 12.1. The van der Waals surface area contributed by atoms with Gasteiger partial charge in [-0.1, -0.05) is 23.7 Å². The monoisotopic (exact) mass is 338 g/mol. The van der Waals surface area contributed by atoms with E-state index in [-0.39, 0.29) is 4.90 Å². The van der Waals surface area contributed by atoms with E-state index in [1.54, 1.807) is 38.1 Å².